The highest BCUT2D eigenvalue weighted by Crippen LogP contribution is 2.21. The second-order valence-electron chi connectivity index (χ2n) is 3.58. The van der Waals surface area contributed by atoms with E-state index in [2.05, 4.69) is 43.5 Å². The number of hydrogen-bond acceptors (Lipinski definition) is 3. The molecule has 0 radical (unpaired) electrons. The van der Waals surface area contributed by atoms with E-state index in [9.17, 15) is 4.79 Å². The molecule has 0 saturated heterocycles. The number of fused-ring (bicyclic) bond motifs is 2. The Morgan fingerprint density at radius 3 is 2.88 bits per heavy atom. The second kappa shape index (κ2) is 4.06. The van der Waals surface area contributed by atoms with Crippen molar-refractivity contribution < 1.29 is 4.42 Å². The molecular formula is C12H5BrINO2. The predicted molar refractivity (Wildman–Crippen MR) is 78.2 cm³/mol. The van der Waals surface area contributed by atoms with Gasteiger partial charge in [0.15, 0.2) is 0 Å². The summed E-state index contributed by atoms with van der Waals surface area (Å²) in [5.41, 5.74) is 0.887. The van der Waals surface area contributed by atoms with E-state index in [1.807, 2.05) is 12.1 Å². The number of rotatable bonds is 0. The molecule has 3 aromatic rings. The maximum absolute atomic E-state index is 12.3. The van der Waals surface area contributed by atoms with Gasteiger partial charge in [-0.05, 0) is 62.8 Å². The highest BCUT2D eigenvalue weighted by molar-refractivity contribution is 14.1. The quantitative estimate of drug-likeness (QED) is 0.426. The maximum atomic E-state index is 12.3. The molecule has 0 aliphatic carbocycles. The number of hydrogen-bond donors (Lipinski definition) is 0. The zero-order chi connectivity index (χ0) is 12.0. The molecule has 0 spiro atoms. The summed E-state index contributed by atoms with van der Waals surface area (Å²) in [6, 6.07) is 7.24. The molecule has 0 bridgehead atoms. The van der Waals surface area contributed by atoms with Crippen LogP contribution in [-0.2, 0) is 0 Å². The van der Waals surface area contributed by atoms with Gasteiger partial charge in [-0.15, -0.1) is 0 Å². The molecule has 0 saturated carbocycles. The molecule has 0 unspecified atom stereocenters. The third kappa shape index (κ3) is 1.87. The van der Waals surface area contributed by atoms with Crippen molar-refractivity contribution >= 4 is 60.6 Å². The molecule has 84 valence electrons. The molecule has 0 fully saturated rings. The summed E-state index contributed by atoms with van der Waals surface area (Å²) < 4.78 is 7.37. The summed E-state index contributed by atoms with van der Waals surface area (Å²) in [6.45, 7) is 0. The molecule has 0 atom stereocenters. The molecule has 0 N–H and O–H groups in total. The van der Waals surface area contributed by atoms with E-state index in [1.54, 1.807) is 18.3 Å². The molecular weight excluding hydrogens is 397 g/mol. The van der Waals surface area contributed by atoms with Gasteiger partial charge in [-0.25, -0.2) is 4.98 Å². The lowest BCUT2D eigenvalue weighted by atomic mass is 10.2. The van der Waals surface area contributed by atoms with Crippen molar-refractivity contribution in [2.75, 3.05) is 0 Å². The van der Waals surface area contributed by atoms with Gasteiger partial charge in [0.2, 0.25) is 11.1 Å². The summed E-state index contributed by atoms with van der Waals surface area (Å²) in [5.74, 6) is 0. The summed E-state index contributed by atoms with van der Waals surface area (Å²) in [6.07, 6.45) is 1.61. The van der Waals surface area contributed by atoms with E-state index in [1.165, 1.54) is 0 Å². The first-order valence-electron chi connectivity index (χ1n) is 4.83. The van der Waals surface area contributed by atoms with Crippen molar-refractivity contribution in [2.45, 2.75) is 0 Å². The SMILES string of the molecule is O=c1c2cc(I)ccc2oc2ncc(Br)cc12. The molecule has 0 aliphatic heterocycles. The fourth-order valence-corrected chi connectivity index (χ4v) is 2.51. The van der Waals surface area contributed by atoms with Gasteiger partial charge in [-0.3, -0.25) is 4.79 Å². The molecule has 5 heteroatoms. The number of nitrogens with zero attached hydrogens (tertiary/aromatic N) is 1. The predicted octanol–water partition coefficient (Wildman–Crippen LogP) is 3.71. The van der Waals surface area contributed by atoms with Gasteiger partial charge >= 0.3 is 0 Å². The lowest BCUT2D eigenvalue weighted by molar-refractivity contribution is 0.644. The van der Waals surface area contributed by atoms with Crippen molar-refractivity contribution in [3.63, 3.8) is 0 Å². The Bertz CT molecular complexity index is 734. The van der Waals surface area contributed by atoms with Gasteiger partial charge in [0.25, 0.3) is 0 Å². The normalized spacial score (nSPS) is 11.2. The first kappa shape index (κ1) is 11.2. The van der Waals surface area contributed by atoms with Crippen molar-refractivity contribution in [1.82, 2.24) is 4.98 Å². The Morgan fingerprint density at radius 1 is 1.24 bits per heavy atom. The average molecular weight is 402 g/mol. The Morgan fingerprint density at radius 2 is 2.06 bits per heavy atom. The summed E-state index contributed by atoms with van der Waals surface area (Å²) in [5, 5.41) is 1.08. The van der Waals surface area contributed by atoms with Crippen LogP contribution in [0.4, 0.5) is 0 Å². The van der Waals surface area contributed by atoms with Crippen LogP contribution >= 0.6 is 38.5 Å². The Kier molecular flexibility index (Phi) is 2.67. The zero-order valence-electron chi connectivity index (χ0n) is 8.41. The fourth-order valence-electron chi connectivity index (χ4n) is 1.69. The minimum atomic E-state index is -0.0476. The smallest absolute Gasteiger partial charge is 0.230 e. The van der Waals surface area contributed by atoms with Crippen LogP contribution in [0.25, 0.3) is 22.1 Å². The fraction of sp³-hybridized carbons (Fsp3) is 0. The van der Waals surface area contributed by atoms with E-state index in [4.69, 9.17) is 4.42 Å². The Balaban J connectivity index is 2.58. The molecule has 0 amide bonds. The topological polar surface area (TPSA) is 43.1 Å². The number of halogens is 2. The number of pyridine rings is 1. The minimum Gasteiger partial charge on any atom is -0.437 e. The van der Waals surface area contributed by atoms with Gasteiger partial charge in [-0.2, -0.15) is 0 Å². The molecule has 2 heterocycles. The molecule has 3 nitrogen and oxygen atoms in total. The number of aromatic nitrogens is 1. The van der Waals surface area contributed by atoms with Crippen LogP contribution in [0.3, 0.4) is 0 Å². The molecule has 1 aromatic carbocycles. The summed E-state index contributed by atoms with van der Waals surface area (Å²) >= 11 is 5.47. The van der Waals surface area contributed by atoms with Gasteiger partial charge < -0.3 is 4.42 Å². The zero-order valence-corrected chi connectivity index (χ0v) is 12.1. The van der Waals surface area contributed by atoms with Crippen LogP contribution in [0.15, 0.2) is 44.1 Å². The van der Waals surface area contributed by atoms with Crippen molar-refractivity contribution in [3.05, 3.63) is 48.7 Å². The Labute approximate surface area is 118 Å². The first-order chi connectivity index (χ1) is 8.15. The molecule has 17 heavy (non-hydrogen) atoms. The van der Waals surface area contributed by atoms with Crippen LogP contribution in [0, 0.1) is 3.57 Å². The van der Waals surface area contributed by atoms with E-state index < -0.39 is 0 Å². The van der Waals surface area contributed by atoms with E-state index in [0.717, 1.165) is 8.04 Å². The van der Waals surface area contributed by atoms with Gasteiger partial charge in [0, 0.05) is 14.2 Å². The summed E-state index contributed by atoms with van der Waals surface area (Å²) in [7, 11) is 0. The molecule has 0 aliphatic rings. The lowest BCUT2D eigenvalue weighted by Gasteiger charge is -2.01. The Hall–Kier alpha value is -0.950. The van der Waals surface area contributed by atoms with E-state index in [-0.39, 0.29) is 5.43 Å². The third-order valence-corrected chi connectivity index (χ3v) is 3.56. The van der Waals surface area contributed by atoms with E-state index >= 15 is 0 Å². The monoisotopic (exact) mass is 401 g/mol. The largest absolute Gasteiger partial charge is 0.437 e. The van der Waals surface area contributed by atoms with Crippen LogP contribution in [0.1, 0.15) is 0 Å². The number of benzene rings is 1. The maximum Gasteiger partial charge on any atom is 0.230 e. The van der Waals surface area contributed by atoms with Gasteiger partial charge in [-0.1, -0.05) is 0 Å². The second-order valence-corrected chi connectivity index (χ2v) is 5.74. The molecule has 3 rings (SSSR count). The van der Waals surface area contributed by atoms with Crippen LogP contribution in [-0.4, -0.2) is 4.98 Å². The standard InChI is InChI=1S/C12H5BrINO2/c13-6-3-9-11(16)8-4-7(14)1-2-10(8)17-12(9)15-5-6/h1-5H. The van der Waals surface area contributed by atoms with Crippen molar-refractivity contribution in [2.24, 2.45) is 0 Å². The molecule has 2 aromatic heterocycles. The van der Waals surface area contributed by atoms with Crippen LogP contribution in [0.2, 0.25) is 0 Å². The lowest BCUT2D eigenvalue weighted by Crippen LogP contribution is -2.03. The minimum absolute atomic E-state index is 0.0476. The van der Waals surface area contributed by atoms with Crippen LogP contribution in [0.5, 0.6) is 0 Å². The highest BCUT2D eigenvalue weighted by atomic mass is 127. The first-order valence-corrected chi connectivity index (χ1v) is 6.70. The average Bonchev–Trinajstić information content (AvgIpc) is 2.32. The van der Waals surface area contributed by atoms with E-state index in [0.29, 0.717) is 22.1 Å². The van der Waals surface area contributed by atoms with Gasteiger partial charge in [0.05, 0.1) is 10.8 Å². The van der Waals surface area contributed by atoms with Crippen molar-refractivity contribution in [1.29, 1.82) is 0 Å². The third-order valence-electron chi connectivity index (χ3n) is 2.46. The summed E-state index contributed by atoms with van der Waals surface area (Å²) in [4.78, 5) is 16.4. The van der Waals surface area contributed by atoms with Crippen LogP contribution < -0.4 is 5.43 Å². The van der Waals surface area contributed by atoms with Gasteiger partial charge in [0.1, 0.15) is 5.58 Å². The highest BCUT2D eigenvalue weighted by Gasteiger charge is 2.09. The van der Waals surface area contributed by atoms with Crippen molar-refractivity contribution in [3.8, 4) is 0 Å².